The minimum atomic E-state index is 0.351. The SMILES string of the molecule is CN1CCNC(Cc2n[nH]c(=S)o2)C1. The molecule has 0 aromatic carbocycles. The highest BCUT2D eigenvalue weighted by Crippen LogP contribution is 2.04. The molecule has 78 valence electrons. The van der Waals surface area contributed by atoms with E-state index in [0.717, 1.165) is 26.1 Å². The van der Waals surface area contributed by atoms with Crippen molar-refractivity contribution in [3.8, 4) is 0 Å². The van der Waals surface area contributed by atoms with Crippen molar-refractivity contribution in [3.63, 3.8) is 0 Å². The monoisotopic (exact) mass is 214 g/mol. The van der Waals surface area contributed by atoms with Gasteiger partial charge in [-0.2, -0.15) is 0 Å². The summed E-state index contributed by atoms with van der Waals surface area (Å²) in [7, 11) is 2.12. The van der Waals surface area contributed by atoms with Crippen LogP contribution in [0.15, 0.2) is 4.42 Å². The van der Waals surface area contributed by atoms with Crippen molar-refractivity contribution in [3.05, 3.63) is 10.7 Å². The van der Waals surface area contributed by atoms with Crippen LogP contribution in [0.2, 0.25) is 0 Å². The lowest BCUT2D eigenvalue weighted by Gasteiger charge is -2.29. The first-order valence-corrected chi connectivity index (χ1v) is 5.11. The van der Waals surface area contributed by atoms with Crippen LogP contribution in [0, 0.1) is 4.84 Å². The third-order valence-electron chi connectivity index (χ3n) is 2.36. The number of likely N-dealkylation sites (N-methyl/N-ethyl adjacent to an activating group) is 1. The molecule has 2 heterocycles. The minimum absolute atomic E-state index is 0.351. The van der Waals surface area contributed by atoms with Crippen molar-refractivity contribution in [1.29, 1.82) is 0 Å². The Morgan fingerprint density at radius 2 is 2.57 bits per heavy atom. The summed E-state index contributed by atoms with van der Waals surface area (Å²) in [6.45, 7) is 3.14. The summed E-state index contributed by atoms with van der Waals surface area (Å²) in [6.07, 6.45) is 0.789. The minimum Gasteiger partial charge on any atom is -0.414 e. The second kappa shape index (κ2) is 4.20. The van der Waals surface area contributed by atoms with Gasteiger partial charge in [-0.1, -0.05) is 0 Å². The van der Waals surface area contributed by atoms with Crippen LogP contribution in [-0.4, -0.2) is 47.8 Å². The number of piperazine rings is 1. The Morgan fingerprint density at radius 3 is 3.21 bits per heavy atom. The summed E-state index contributed by atoms with van der Waals surface area (Å²) < 4.78 is 5.21. The van der Waals surface area contributed by atoms with Gasteiger partial charge < -0.3 is 14.6 Å². The lowest BCUT2D eigenvalue weighted by molar-refractivity contribution is 0.231. The maximum absolute atomic E-state index is 5.21. The molecule has 0 radical (unpaired) electrons. The van der Waals surface area contributed by atoms with Gasteiger partial charge in [0.1, 0.15) is 0 Å². The fourth-order valence-corrected chi connectivity index (χ4v) is 1.83. The van der Waals surface area contributed by atoms with Crippen molar-refractivity contribution in [2.24, 2.45) is 0 Å². The molecule has 1 aromatic rings. The van der Waals surface area contributed by atoms with Gasteiger partial charge in [0.05, 0.1) is 0 Å². The molecule has 0 amide bonds. The quantitative estimate of drug-likeness (QED) is 0.688. The van der Waals surface area contributed by atoms with Crippen LogP contribution in [0.25, 0.3) is 0 Å². The van der Waals surface area contributed by atoms with Crippen molar-refractivity contribution in [2.75, 3.05) is 26.7 Å². The zero-order valence-corrected chi connectivity index (χ0v) is 8.93. The molecule has 1 aliphatic heterocycles. The van der Waals surface area contributed by atoms with E-state index in [1.807, 2.05) is 0 Å². The predicted octanol–water partition coefficient (Wildman–Crippen LogP) is 0.178. The zero-order chi connectivity index (χ0) is 9.97. The van der Waals surface area contributed by atoms with Gasteiger partial charge >= 0.3 is 0 Å². The van der Waals surface area contributed by atoms with Crippen LogP contribution in [0.3, 0.4) is 0 Å². The fourth-order valence-electron chi connectivity index (χ4n) is 1.69. The standard InChI is InChI=1S/C8H14N4OS/c1-12-3-2-9-6(5-12)4-7-10-11-8(14)13-7/h6,9H,2-5H2,1H3,(H,11,14). The van der Waals surface area contributed by atoms with Crippen LogP contribution < -0.4 is 5.32 Å². The lowest BCUT2D eigenvalue weighted by atomic mass is 10.1. The van der Waals surface area contributed by atoms with Crippen molar-refractivity contribution in [2.45, 2.75) is 12.5 Å². The van der Waals surface area contributed by atoms with E-state index in [9.17, 15) is 0 Å². The number of hydrogen-bond acceptors (Lipinski definition) is 5. The Bertz CT molecular complexity index is 347. The Balaban J connectivity index is 1.93. The van der Waals surface area contributed by atoms with Crippen LogP contribution in [0.5, 0.6) is 0 Å². The normalized spacial score (nSPS) is 23.9. The van der Waals surface area contributed by atoms with Gasteiger partial charge in [0, 0.05) is 32.1 Å². The molecule has 0 aliphatic carbocycles. The summed E-state index contributed by atoms with van der Waals surface area (Å²) in [6, 6.07) is 0.412. The van der Waals surface area contributed by atoms with Crippen molar-refractivity contribution in [1.82, 2.24) is 20.4 Å². The van der Waals surface area contributed by atoms with Crippen LogP contribution >= 0.6 is 12.2 Å². The molecule has 1 fully saturated rings. The van der Waals surface area contributed by atoms with Gasteiger partial charge in [-0.05, 0) is 19.3 Å². The smallest absolute Gasteiger partial charge is 0.284 e. The highest BCUT2D eigenvalue weighted by atomic mass is 32.1. The molecule has 6 heteroatoms. The maximum atomic E-state index is 5.21. The number of aromatic amines is 1. The van der Waals surface area contributed by atoms with Crippen molar-refractivity contribution >= 4 is 12.2 Å². The van der Waals surface area contributed by atoms with Gasteiger partial charge in [-0.15, -0.1) is 5.10 Å². The van der Waals surface area contributed by atoms with E-state index in [1.54, 1.807) is 0 Å². The summed E-state index contributed by atoms with van der Waals surface area (Å²) >= 11 is 4.81. The average Bonchev–Trinajstić information content (AvgIpc) is 2.51. The summed E-state index contributed by atoms with van der Waals surface area (Å²) in [5.41, 5.74) is 0. The first-order valence-electron chi connectivity index (χ1n) is 4.70. The average molecular weight is 214 g/mol. The van der Waals surface area contributed by atoms with E-state index in [-0.39, 0.29) is 0 Å². The second-order valence-corrected chi connectivity index (χ2v) is 4.00. The van der Waals surface area contributed by atoms with Gasteiger partial charge in [0.15, 0.2) is 0 Å². The van der Waals surface area contributed by atoms with Gasteiger partial charge in [-0.3, -0.25) is 0 Å². The summed E-state index contributed by atoms with van der Waals surface area (Å²) in [5, 5.41) is 10.0. The molecule has 2 N–H and O–H groups in total. The molecular weight excluding hydrogens is 200 g/mol. The number of aromatic nitrogens is 2. The van der Waals surface area contributed by atoms with Gasteiger partial charge in [-0.25, -0.2) is 5.10 Å². The Labute approximate surface area is 87.5 Å². The second-order valence-electron chi connectivity index (χ2n) is 3.62. The van der Waals surface area contributed by atoms with Crippen LogP contribution in [0.4, 0.5) is 0 Å². The molecule has 0 saturated carbocycles. The number of H-pyrrole nitrogens is 1. The third-order valence-corrected chi connectivity index (χ3v) is 2.54. The Kier molecular flexibility index (Phi) is 2.95. The van der Waals surface area contributed by atoms with Gasteiger partial charge in [0.2, 0.25) is 5.89 Å². The first kappa shape index (κ1) is 9.82. The highest BCUT2D eigenvalue weighted by Gasteiger charge is 2.18. The van der Waals surface area contributed by atoms with Crippen LogP contribution in [0.1, 0.15) is 5.89 Å². The van der Waals surface area contributed by atoms with E-state index in [1.165, 1.54) is 0 Å². The predicted molar refractivity (Wildman–Crippen MR) is 54.7 cm³/mol. The van der Waals surface area contributed by atoms with Crippen molar-refractivity contribution < 1.29 is 4.42 Å². The number of nitrogens with zero attached hydrogens (tertiary/aromatic N) is 2. The molecule has 0 bridgehead atoms. The Morgan fingerprint density at radius 1 is 1.71 bits per heavy atom. The van der Waals surface area contributed by atoms with Crippen LogP contribution in [-0.2, 0) is 6.42 Å². The molecule has 1 aliphatic rings. The molecule has 1 atom stereocenters. The largest absolute Gasteiger partial charge is 0.414 e. The van der Waals surface area contributed by atoms with Gasteiger partial charge in [0.25, 0.3) is 4.84 Å². The molecule has 1 aromatic heterocycles. The van der Waals surface area contributed by atoms with E-state index < -0.39 is 0 Å². The Hall–Kier alpha value is -0.720. The van der Waals surface area contributed by atoms with E-state index in [4.69, 9.17) is 16.6 Å². The summed E-state index contributed by atoms with van der Waals surface area (Å²) in [5.74, 6) is 0.683. The molecule has 2 rings (SSSR count). The molecule has 14 heavy (non-hydrogen) atoms. The van der Waals surface area contributed by atoms with E-state index >= 15 is 0 Å². The molecular formula is C8H14N4OS. The number of rotatable bonds is 2. The van der Waals surface area contributed by atoms with E-state index in [0.29, 0.717) is 16.8 Å². The molecule has 0 spiro atoms. The topological polar surface area (TPSA) is 57.1 Å². The molecule has 1 saturated heterocycles. The molecule has 1 unspecified atom stereocenters. The summed E-state index contributed by atoms with van der Waals surface area (Å²) in [4.78, 5) is 2.65. The maximum Gasteiger partial charge on any atom is 0.284 e. The fraction of sp³-hybridized carbons (Fsp3) is 0.750. The number of hydrogen-bond donors (Lipinski definition) is 2. The lowest BCUT2D eigenvalue weighted by Crippen LogP contribution is -2.49. The van der Waals surface area contributed by atoms with E-state index in [2.05, 4.69) is 27.5 Å². The molecule has 5 nitrogen and oxygen atoms in total. The number of nitrogens with one attached hydrogen (secondary N) is 2. The highest BCUT2D eigenvalue weighted by molar-refractivity contribution is 7.71. The first-order chi connectivity index (χ1) is 6.74. The zero-order valence-electron chi connectivity index (χ0n) is 8.12. The third kappa shape index (κ3) is 2.40.